The van der Waals surface area contributed by atoms with Crippen LogP contribution in [-0.4, -0.2) is 15.6 Å². The first-order valence-electron chi connectivity index (χ1n) is 5.05. The molecule has 5 heteroatoms. The van der Waals surface area contributed by atoms with Gasteiger partial charge in [-0.1, -0.05) is 45.7 Å². The zero-order valence-corrected chi connectivity index (χ0v) is 11.5. The molecule has 0 aliphatic rings. The number of Topliss-reactive ketones (excluding diaryl/α,β-unsaturated/α-hetero) is 1. The fraction of sp³-hybridized carbons (Fsp3) is 0.167. The first-order chi connectivity index (χ1) is 8.09. The van der Waals surface area contributed by atoms with Crippen LogP contribution in [-0.2, 0) is 6.54 Å². The molecule has 0 N–H and O–H groups in total. The molecule has 17 heavy (non-hydrogen) atoms. The summed E-state index contributed by atoms with van der Waals surface area (Å²) in [5, 5.41) is 4.63. The Labute approximate surface area is 113 Å². The van der Waals surface area contributed by atoms with Crippen molar-refractivity contribution in [3.05, 3.63) is 51.2 Å². The highest BCUT2D eigenvalue weighted by atomic mass is 79.9. The van der Waals surface area contributed by atoms with E-state index in [4.69, 9.17) is 11.6 Å². The highest BCUT2D eigenvalue weighted by Crippen LogP contribution is 2.18. The molecule has 2 aromatic rings. The van der Waals surface area contributed by atoms with E-state index in [1.165, 1.54) is 0 Å². The van der Waals surface area contributed by atoms with Crippen LogP contribution >= 0.6 is 27.5 Å². The van der Waals surface area contributed by atoms with Crippen LogP contribution in [0.3, 0.4) is 0 Å². The largest absolute Gasteiger partial charge is 0.292 e. The number of hydrogen-bond donors (Lipinski definition) is 0. The van der Waals surface area contributed by atoms with Crippen molar-refractivity contribution >= 4 is 33.3 Å². The van der Waals surface area contributed by atoms with Gasteiger partial charge in [0.25, 0.3) is 0 Å². The number of carbonyl (C=O) groups is 1. The zero-order valence-electron chi connectivity index (χ0n) is 9.15. The number of carbonyl (C=O) groups excluding carboxylic acids is 1. The topological polar surface area (TPSA) is 34.9 Å². The van der Waals surface area contributed by atoms with Crippen molar-refractivity contribution < 1.29 is 4.79 Å². The van der Waals surface area contributed by atoms with Gasteiger partial charge in [0, 0.05) is 10.0 Å². The fourth-order valence-corrected chi connectivity index (χ4v) is 2.14. The van der Waals surface area contributed by atoms with Crippen molar-refractivity contribution in [2.24, 2.45) is 0 Å². The van der Waals surface area contributed by atoms with E-state index >= 15 is 0 Å². The average Bonchev–Trinajstić information content (AvgIpc) is 2.61. The summed E-state index contributed by atoms with van der Waals surface area (Å²) in [6, 6.07) is 7.33. The van der Waals surface area contributed by atoms with Crippen LogP contribution in [0.25, 0.3) is 0 Å². The SMILES string of the molecule is Cc1c(Cl)cnn1CC(=O)c1ccccc1Br. The van der Waals surface area contributed by atoms with Crippen LogP contribution in [0.4, 0.5) is 0 Å². The fourth-order valence-electron chi connectivity index (χ4n) is 1.49. The molecule has 1 heterocycles. The van der Waals surface area contributed by atoms with Crippen molar-refractivity contribution in [2.75, 3.05) is 0 Å². The summed E-state index contributed by atoms with van der Waals surface area (Å²) in [6.45, 7) is 2.03. The minimum absolute atomic E-state index is 0.000316. The third kappa shape index (κ3) is 2.58. The molecule has 0 spiro atoms. The number of aromatic nitrogens is 2. The minimum atomic E-state index is 0.000316. The Balaban J connectivity index is 2.23. The molecule has 2 rings (SSSR count). The van der Waals surface area contributed by atoms with E-state index in [-0.39, 0.29) is 12.3 Å². The molecule has 0 amide bonds. The summed E-state index contributed by atoms with van der Waals surface area (Å²) in [6.07, 6.45) is 1.55. The van der Waals surface area contributed by atoms with E-state index in [9.17, 15) is 4.79 Å². The predicted molar refractivity (Wildman–Crippen MR) is 70.4 cm³/mol. The Morgan fingerprint density at radius 1 is 1.47 bits per heavy atom. The summed E-state index contributed by atoms with van der Waals surface area (Å²) in [5.41, 5.74) is 1.45. The zero-order chi connectivity index (χ0) is 12.4. The predicted octanol–water partition coefficient (Wildman–Crippen LogP) is 3.49. The van der Waals surface area contributed by atoms with E-state index in [1.807, 2.05) is 25.1 Å². The Kier molecular flexibility index (Phi) is 3.64. The van der Waals surface area contributed by atoms with E-state index in [1.54, 1.807) is 16.9 Å². The molecule has 0 unspecified atom stereocenters. The second-order valence-corrected chi connectivity index (χ2v) is 4.90. The third-order valence-corrected chi connectivity index (χ3v) is 3.57. The second-order valence-electron chi connectivity index (χ2n) is 3.64. The number of ketones is 1. The van der Waals surface area contributed by atoms with Gasteiger partial charge in [-0.3, -0.25) is 9.48 Å². The van der Waals surface area contributed by atoms with Crippen molar-refractivity contribution in [3.63, 3.8) is 0 Å². The maximum absolute atomic E-state index is 12.1. The van der Waals surface area contributed by atoms with Crippen LogP contribution in [0.15, 0.2) is 34.9 Å². The monoisotopic (exact) mass is 312 g/mol. The van der Waals surface area contributed by atoms with Gasteiger partial charge in [0.05, 0.1) is 16.9 Å². The van der Waals surface area contributed by atoms with E-state index < -0.39 is 0 Å². The van der Waals surface area contributed by atoms with Gasteiger partial charge in [-0.2, -0.15) is 5.10 Å². The Bertz CT molecular complexity index is 565. The first kappa shape index (κ1) is 12.3. The molecule has 0 bridgehead atoms. The summed E-state index contributed by atoms with van der Waals surface area (Å²) in [7, 11) is 0. The molecule has 3 nitrogen and oxygen atoms in total. The summed E-state index contributed by atoms with van der Waals surface area (Å²) < 4.78 is 2.39. The molecule has 1 aromatic heterocycles. The van der Waals surface area contributed by atoms with Gasteiger partial charge in [0.1, 0.15) is 6.54 Å². The first-order valence-corrected chi connectivity index (χ1v) is 6.22. The van der Waals surface area contributed by atoms with Crippen molar-refractivity contribution in [3.8, 4) is 0 Å². The highest BCUT2D eigenvalue weighted by molar-refractivity contribution is 9.10. The van der Waals surface area contributed by atoms with E-state index in [2.05, 4.69) is 21.0 Å². The molecule has 0 fully saturated rings. The van der Waals surface area contributed by atoms with E-state index in [0.29, 0.717) is 10.6 Å². The summed E-state index contributed by atoms with van der Waals surface area (Å²) in [5.74, 6) is 0.000316. The van der Waals surface area contributed by atoms with Gasteiger partial charge in [-0.15, -0.1) is 0 Å². The van der Waals surface area contributed by atoms with Gasteiger partial charge < -0.3 is 0 Å². The standard InChI is InChI=1S/C12H10BrClN2O/c1-8-11(14)6-15-16(8)7-12(17)9-4-2-3-5-10(9)13/h2-6H,7H2,1H3. The van der Waals surface area contributed by atoms with Gasteiger partial charge in [0.2, 0.25) is 0 Å². The molecule has 0 saturated heterocycles. The number of benzene rings is 1. The lowest BCUT2D eigenvalue weighted by Gasteiger charge is -2.05. The van der Waals surface area contributed by atoms with Gasteiger partial charge in [-0.25, -0.2) is 0 Å². The van der Waals surface area contributed by atoms with E-state index in [0.717, 1.165) is 10.2 Å². The van der Waals surface area contributed by atoms with Gasteiger partial charge in [0.15, 0.2) is 5.78 Å². The quantitative estimate of drug-likeness (QED) is 0.813. The molecule has 1 aromatic carbocycles. The van der Waals surface area contributed by atoms with Crippen molar-refractivity contribution in [1.82, 2.24) is 9.78 Å². The van der Waals surface area contributed by atoms with Crippen LogP contribution in [0, 0.1) is 6.92 Å². The van der Waals surface area contributed by atoms with Crippen LogP contribution in [0.2, 0.25) is 5.02 Å². The Morgan fingerprint density at radius 3 is 2.76 bits per heavy atom. The van der Waals surface area contributed by atoms with Crippen LogP contribution in [0.5, 0.6) is 0 Å². The Morgan fingerprint density at radius 2 is 2.18 bits per heavy atom. The number of halogens is 2. The Hall–Kier alpha value is -1.13. The molecule has 0 saturated carbocycles. The third-order valence-electron chi connectivity index (χ3n) is 2.51. The van der Waals surface area contributed by atoms with Crippen LogP contribution < -0.4 is 0 Å². The molecule has 0 radical (unpaired) electrons. The second kappa shape index (κ2) is 5.02. The normalized spacial score (nSPS) is 10.5. The van der Waals surface area contributed by atoms with Gasteiger partial charge in [-0.05, 0) is 13.0 Å². The van der Waals surface area contributed by atoms with Crippen LogP contribution in [0.1, 0.15) is 16.1 Å². The molecule has 88 valence electrons. The minimum Gasteiger partial charge on any atom is -0.292 e. The highest BCUT2D eigenvalue weighted by Gasteiger charge is 2.12. The molecular formula is C12H10BrClN2O. The number of nitrogens with zero attached hydrogens (tertiary/aromatic N) is 2. The van der Waals surface area contributed by atoms with Gasteiger partial charge >= 0.3 is 0 Å². The maximum Gasteiger partial charge on any atom is 0.185 e. The lowest BCUT2D eigenvalue weighted by molar-refractivity contribution is 0.0966. The average molecular weight is 314 g/mol. The van der Waals surface area contributed by atoms with Crippen molar-refractivity contribution in [2.45, 2.75) is 13.5 Å². The molecular weight excluding hydrogens is 304 g/mol. The maximum atomic E-state index is 12.1. The lowest BCUT2D eigenvalue weighted by atomic mass is 10.1. The summed E-state index contributed by atoms with van der Waals surface area (Å²) in [4.78, 5) is 12.1. The van der Waals surface area contributed by atoms with Crippen molar-refractivity contribution in [1.29, 1.82) is 0 Å². The smallest absolute Gasteiger partial charge is 0.185 e. The molecule has 0 aliphatic carbocycles. The molecule has 0 aliphatic heterocycles. The number of hydrogen-bond acceptors (Lipinski definition) is 2. The molecule has 0 atom stereocenters. The lowest BCUT2D eigenvalue weighted by Crippen LogP contribution is -2.13. The number of rotatable bonds is 3. The summed E-state index contributed by atoms with van der Waals surface area (Å²) >= 11 is 9.24.